The summed E-state index contributed by atoms with van der Waals surface area (Å²) in [6.45, 7) is 1.51. The monoisotopic (exact) mass is 467 g/mol. The van der Waals surface area contributed by atoms with Gasteiger partial charge >= 0.3 is 0 Å². The Hall–Kier alpha value is -2.36. The second kappa shape index (κ2) is 8.29. The fraction of sp³-hybridized carbons (Fsp3) is 0.500. The van der Waals surface area contributed by atoms with Crippen LogP contribution < -0.4 is 15.4 Å². The van der Waals surface area contributed by atoms with E-state index in [0.717, 1.165) is 0 Å². The lowest BCUT2D eigenvalue weighted by Crippen LogP contribution is -2.70. The Morgan fingerprint density at radius 1 is 1.23 bits per heavy atom. The van der Waals surface area contributed by atoms with Crippen molar-refractivity contribution in [2.24, 2.45) is 0 Å². The predicted octanol–water partition coefficient (Wildman–Crippen LogP) is 2.16. The number of nitrogens with one attached hydrogen (secondary N) is 3. The van der Waals surface area contributed by atoms with Gasteiger partial charge in [-0.25, -0.2) is 4.98 Å². The summed E-state index contributed by atoms with van der Waals surface area (Å²) < 4.78 is 5.50. The highest BCUT2D eigenvalue weighted by Gasteiger charge is 2.55. The topological polar surface area (TPSA) is 129 Å². The molecule has 1 atom stereocenters. The lowest BCUT2D eigenvalue weighted by atomic mass is 9.60. The third kappa shape index (κ3) is 4.49. The fourth-order valence-corrected chi connectivity index (χ4v) is 4.72. The molecule has 1 aromatic carbocycles. The number of nitrogens with zero attached hydrogens (tertiary/aromatic N) is 2. The summed E-state index contributed by atoms with van der Waals surface area (Å²) in [4.78, 5) is 29.1. The Morgan fingerprint density at radius 2 is 1.97 bits per heavy atom. The molecule has 2 bridgehead atoms. The number of aliphatic hydroxyl groups is 1. The zero-order valence-corrected chi connectivity index (χ0v) is 18.4. The van der Waals surface area contributed by atoms with E-state index < -0.39 is 17.2 Å². The summed E-state index contributed by atoms with van der Waals surface area (Å²) in [6, 6.07) is 4.76. The van der Waals surface area contributed by atoms with E-state index in [0.29, 0.717) is 53.7 Å². The van der Waals surface area contributed by atoms with Crippen molar-refractivity contribution in [1.82, 2.24) is 25.8 Å². The molecule has 9 nitrogen and oxygen atoms in total. The molecule has 0 aliphatic heterocycles. The predicted molar refractivity (Wildman–Crippen MR) is 113 cm³/mol. The molecule has 3 aliphatic rings. The first kappa shape index (κ1) is 21.9. The molecular weight excluding hydrogens is 445 g/mol. The van der Waals surface area contributed by atoms with Crippen LogP contribution in [-0.4, -0.2) is 55.9 Å². The van der Waals surface area contributed by atoms with Crippen LogP contribution in [0.2, 0.25) is 10.0 Å². The number of carbonyl (C=O) groups excluding carboxylic acids is 2. The molecule has 0 spiro atoms. The number of aromatic amines is 1. The molecular formula is C20H23Cl2N5O4. The van der Waals surface area contributed by atoms with Crippen LogP contribution in [0.1, 0.15) is 48.5 Å². The normalized spacial score (nSPS) is 27.0. The number of fused-ring (bicyclic) bond motifs is 3. The molecule has 2 aromatic rings. The van der Waals surface area contributed by atoms with Gasteiger partial charge in [-0.2, -0.15) is 0 Å². The van der Waals surface area contributed by atoms with Crippen LogP contribution in [0, 0.1) is 6.92 Å². The molecule has 3 saturated carbocycles. The van der Waals surface area contributed by atoms with Gasteiger partial charge < -0.3 is 20.5 Å². The van der Waals surface area contributed by atoms with Crippen LogP contribution in [0.25, 0.3) is 0 Å². The summed E-state index contributed by atoms with van der Waals surface area (Å²) in [5.41, 5.74) is -1.26. The maximum Gasteiger partial charge on any atom is 0.291 e. The van der Waals surface area contributed by atoms with Gasteiger partial charge in [0, 0.05) is 11.6 Å². The van der Waals surface area contributed by atoms with E-state index in [4.69, 9.17) is 27.9 Å². The number of carbonyl (C=O) groups is 2. The molecule has 31 heavy (non-hydrogen) atoms. The van der Waals surface area contributed by atoms with Gasteiger partial charge in [0.2, 0.25) is 5.82 Å². The van der Waals surface area contributed by atoms with E-state index in [-0.39, 0.29) is 24.2 Å². The smallest absolute Gasteiger partial charge is 0.291 e. The average Bonchev–Trinajstić information content (AvgIpc) is 3.17. The standard InChI is InChI=1S/C20H23Cl2N5O4/c1-11-23-17(27-26-11)18(30)25-19-4-6-20(7-5-19,15(28)9-19)24-16(29)10-31-12-2-3-13(21)14(22)8-12/h2-3,8,15,28H,4-7,9-10H2,1H3,(H,24,29)(H,25,30)(H,23,26,27)/t15-,19?,20?/m0/s1. The Balaban J connectivity index is 1.34. The Kier molecular flexibility index (Phi) is 5.85. The molecule has 5 rings (SSSR count). The molecule has 0 radical (unpaired) electrons. The van der Waals surface area contributed by atoms with Gasteiger partial charge in [-0.15, -0.1) is 5.10 Å². The van der Waals surface area contributed by atoms with Gasteiger partial charge in [-0.3, -0.25) is 14.7 Å². The lowest BCUT2D eigenvalue weighted by molar-refractivity contribution is -0.132. The summed E-state index contributed by atoms with van der Waals surface area (Å²) in [7, 11) is 0. The van der Waals surface area contributed by atoms with Crippen LogP contribution in [0.5, 0.6) is 5.75 Å². The highest BCUT2D eigenvalue weighted by atomic mass is 35.5. The van der Waals surface area contributed by atoms with E-state index >= 15 is 0 Å². The molecule has 3 fully saturated rings. The van der Waals surface area contributed by atoms with Crippen molar-refractivity contribution in [2.45, 2.75) is 56.2 Å². The fourth-order valence-electron chi connectivity index (χ4n) is 4.43. The van der Waals surface area contributed by atoms with E-state index in [9.17, 15) is 14.7 Å². The Morgan fingerprint density at radius 3 is 2.58 bits per heavy atom. The quantitative estimate of drug-likeness (QED) is 0.514. The van der Waals surface area contributed by atoms with Crippen LogP contribution >= 0.6 is 23.2 Å². The molecule has 11 heteroatoms. The number of benzene rings is 1. The van der Waals surface area contributed by atoms with Crippen molar-refractivity contribution < 1.29 is 19.4 Å². The molecule has 166 valence electrons. The summed E-state index contributed by atoms with van der Waals surface area (Å²) in [6.07, 6.45) is 1.90. The SMILES string of the molecule is Cc1nc(C(=O)NC23CCC(NC(=O)COc4ccc(Cl)c(Cl)c4)(CC2)[C@@H](O)C3)n[nH]1. The largest absolute Gasteiger partial charge is 0.484 e. The maximum absolute atomic E-state index is 12.5. The molecule has 0 saturated heterocycles. The third-order valence-corrected chi connectivity index (χ3v) is 6.89. The first-order valence-corrected chi connectivity index (χ1v) is 10.7. The summed E-state index contributed by atoms with van der Waals surface area (Å²) in [5, 5.41) is 24.1. The number of ether oxygens (including phenoxy) is 1. The van der Waals surface area contributed by atoms with Crippen LogP contribution in [-0.2, 0) is 4.79 Å². The van der Waals surface area contributed by atoms with Gasteiger partial charge in [0.1, 0.15) is 11.6 Å². The molecule has 4 N–H and O–H groups in total. The minimum absolute atomic E-state index is 0.0801. The zero-order chi connectivity index (χ0) is 22.2. The van der Waals surface area contributed by atoms with Crippen LogP contribution in [0.4, 0.5) is 0 Å². The van der Waals surface area contributed by atoms with Crippen LogP contribution in [0.15, 0.2) is 18.2 Å². The van der Waals surface area contributed by atoms with Crippen molar-refractivity contribution in [2.75, 3.05) is 6.61 Å². The Bertz CT molecular complexity index is 1000. The first-order chi connectivity index (χ1) is 14.7. The van der Waals surface area contributed by atoms with Gasteiger partial charge in [0.25, 0.3) is 11.8 Å². The molecule has 1 heterocycles. The number of aliphatic hydroxyl groups excluding tert-OH is 1. The van der Waals surface area contributed by atoms with Crippen molar-refractivity contribution in [3.63, 3.8) is 0 Å². The highest BCUT2D eigenvalue weighted by molar-refractivity contribution is 6.42. The second-order valence-electron chi connectivity index (χ2n) is 8.27. The zero-order valence-electron chi connectivity index (χ0n) is 16.9. The van der Waals surface area contributed by atoms with E-state index in [2.05, 4.69) is 25.8 Å². The maximum atomic E-state index is 12.5. The summed E-state index contributed by atoms with van der Waals surface area (Å²) in [5.74, 6) is 0.361. The third-order valence-electron chi connectivity index (χ3n) is 6.15. The Labute approximate surface area is 188 Å². The minimum atomic E-state index is -0.793. The second-order valence-corrected chi connectivity index (χ2v) is 9.08. The number of hydrogen-bond acceptors (Lipinski definition) is 6. The highest BCUT2D eigenvalue weighted by Crippen LogP contribution is 2.47. The minimum Gasteiger partial charge on any atom is -0.484 e. The van der Waals surface area contributed by atoms with Gasteiger partial charge in [-0.05, 0) is 51.2 Å². The number of H-pyrrole nitrogens is 1. The molecule has 0 unspecified atom stereocenters. The number of halogens is 2. The number of rotatable bonds is 6. The van der Waals surface area contributed by atoms with Crippen LogP contribution in [0.3, 0.4) is 0 Å². The molecule has 1 aromatic heterocycles. The molecule has 3 aliphatic carbocycles. The van der Waals surface area contributed by atoms with Crippen molar-refractivity contribution in [1.29, 1.82) is 0 Å². The number of aromatic nitrogens is 3. The van der Waals surface area contributed by atoms with E-state index in [1.807, 2.05) is 0 Å². The van der Waals surface area contributed by atoms with Gasteiger partial charge in [0.05, 0.1) is 21.7 Å². The van der Waals surface area contributed by atoms with Crippen molar-refractivity contribution in [3.8, 4) is 5.75 Å². The van der Waals surface area contributed by atoms with Crippen molar-refractivity contribution in [3.05, 3.63) is 39.9 Å². The van der Waals surface area contributed by atoms with E-state index in [1.54, 1.807) is 19.1 Å². The first-order valence-electron chi connectivity index (χ1n) is 9.99. The molecule has 2 amide bonds. The number of amides is 2. The van der Waals surface area contributed by atoms with E-state index in [1.165, 1.54) is 6.07 Å². The number of aryl methyl sites for hydroxylation is 1. The average molecular weight is 468 g/mol. The van der Waals surface area contributed by atoms with Gasteiger partial charge in [-0.1, -0.05) is 23.2 Å². The van der Waals surface area contributed by atoms with Crippen molar-refractivity contribution >= 4 is 35.0 Å². The van der Waals surface area contributed by atoms with Gasteiger partial charge in [0.15, 0.2) is 6.61 Å². The number of hydrogen-bond donors (Lipinski definition) is 4. The summed E-state index contributed by atoms with van der Waals surface area (Å²) >= 11 is 11.8. The lowest BCUT2D eigenvalue weighted by Gasteiger charge is -2.56.